The van der Waals surface area contributed by atoms with Crippen molar-refractivity contribution in [2.75, 3.05) is 6.54 Å². The van der Waals surface area contributed by atoms with E-state index in [0.29, 0.717) is 5.69 Å². The number of hydrogen-bond donors (Lipinski definition) is 2. The Morgan fingerprint density at radius 2 is 2.05 bits per heavy atom. The molecule has 0 aliphatic heterocycles. The van der Waals surface area contributed by atoms with Crippen LogP contribution in [0.2, 0.25) is 0 Å². The number of aromatic nitrogens is 1. The minimum absolute atomic E-state index is 0.0472. The molecule has 0 saturated carbocycles. The number of nitrogens with one attached hydrogen (secondary N) is 1. The summed E-state index contributed by atoms with van der Waals surface area (Å²) in [7, 11) is 0. The Balaban J connectivity index is 2.50. The van der Waals surface area contributed by atoms with Gasteiger partial charge < -0.3 is 19.7 Å². The second kappa shape index (κ2) is 5.73. The fourth-order valence-electron chi connectivity index (χ4n) is 1.46. The third-order valence-corrected chi connectivity index (χ3v) is 2.18. The standard InChI is InChI=1S/C12H18N2O5/c1-7-9(10(15)16)8(14-19-7)5-6-13-11(17)18-12(2,3)4/h5-6H2,1-4H3,(H,13,17)(H,15,16). The van der Waals surface area contributed by atoms with Crippen molar-refractivity contribution in [3.8, 4) is 0 Å². The summed E-state index contributed by atoms with van der Waals surface area (Å²) >= 11 is 0. The summed E-state index contributed by atoms with van der Waals surface area (Å²) in [4.78, 5) is 22.4. The normalized spacial score (nSPS) is 11.2. The van der Waals surface area contributed by atoms with E-state index >= 15 is 0 Å². The van der Waals surface area contributed by atoms with Crippen LogP contribution in [0.1, 0.15) is 42.6 Å². The lowest BCUT2D eigenvalue weighted by Crippen LogP contribution is -2.33. The van der Waals surface area contributed by atoms with Crippen molar-refractivity contribution >= 4 is 12.1 Å². The second-order valence-electron chi connectivity index (χ2n) is 5.04. The van der Waals surface area contributed by atoms with Gasteiger partial charge in [-0.2, -0.15) is 0 Å². The van der Waals surface area contributed by atoms with Crippen LogP contribution in [-0.2, 0) is 11.2 Å². The number of carbonyl (C=O) groups excluding carboxylic acids is 1. The number of ether oxygens (including phenoxy) is 1. The van der Waals surface area contributed by atoms with Crippen molar-refractivity contribution < 1.29 is 24.0 Å². The first-order valence-corrected chi connectivity index (χ1v) is 5.86. The molecule has 0 unspecified atom stereocenters. The number of carboxylic acid groups (broad SMARTS) is 1. The van der Waals surface area contributed by atoms with E-state index in [1.807, 2.05) is 0 Å². The molecule has 7 heteroatoms. The van der Waals surface area contributed by atoms with Gasteiger partial charge >= 0.3 is 12.1 Å². The maximum absolute atomic E-state index is 11.4. The van der Waals surface area contributed by atoms with Gasteiger partial charge in [-0.15, -0.1) is 0 Å². The van der Waals surface area contributed by atoms with Gasteiger partial charge in [0.25, 0.3) is 0 Å². The Morgan fingerprint density at radius 1 is 1.42 bits per heavy atom. The highest BCUT2D eigenvalue weighted by Gasteiger charge is 2.20. The predicted molar refractivity (Wildman–Crippen MR) is 66.1 cm³/mol. The number of amides is 1. The number of alkyl carbamates (subject to hydrolysis) is 1. The monoisotopic (exact) mass is 270 g/mol. The molecule has 0 aliphatic rings. The second-order valence-corrected chi connectivity index (χ2v) is 5.04. The maximum Gasteiger partial charge on any atom is 0.407 e. The van der Waals surface area contributed by atoms with Gasteiger partial charge in [0.05, 0.1) is 0 Å². The molecule has 7 nitrogen and oxygen atoms in total. The molecule has 1 aromatic rings. The average Bonchev–Trinajstić information content (AvgIpc) is 2.57. The molecule has 0 saturated heterocycles. The van der Waals surface area contributed by atoms with Crippen molar-refractivity contribution in [3.05, 3.63) is 17.0 Å². The molecule has 2 N–H and O–H groups in total. The van der Waals surface area contributed by atoms with Gasteiger partial charge in [-0.25, -0.2) is 9.59 Å². The highest BCUT2D eigenvalue weighted by Crippen LogP contribution is 2.13. The molecule has 1 amide bonds. The number of carboxylic acids is 1. The van der Waals surface area contributed by atoms with Crippen LogP contribution in [0.3, 0.4) is 0 Å². The SMILES string of the molecule is Cc1onc(CCNC(=O)OC(C)(C)C)c1C(=O)O. The molecule has 0 aromatic carbocycles. The van der Waals surface area contributed by atoms with Crippen molar-refractivity contribution in [2.24, 2.45) is 0 Å². The first kappa shape index (κ1) is 15.0. The van der Waals surface area contributed by atoms with Gasteiger partial charge in [0.1, 0.15) is 22.6 Å². The summed E-state index contributed by atoms with van der Waals surface area (Å²) in [5.41, 5.74) is -0.215. The molecular weight excluding hydrogens is 252 g/mol. The minimum atomic E-state index is -1.09. The van der Waals surface area contributed by atoms with Gasteiger partial charge in [0, 0.05) is 13.0 Å². The largest absolute Gasteiger partial charge is 0.477 e. The lowest BCUT2D eigenvalue weighted by Gasteiger charge is -2.19. The molecular formula is C12H18N2O5. The number of carbonyl (C=O) groups is 2. The molecule has 0 spiro atoms. The quantitative estimate of drug-likeness (QED) is 0.864. The van der Waals surface area contributed by atoms with Gasteiger partial charge in [-0.3, -0.25) is 0 Å². The van der Waals surface area contributed by atoms with E-state index in [9.17, 15) is 9.59 Å². The lowest BCUT2D eigenvalue weighted by molar-refractivity contribution is 0.0528. The number of nitrogens with zero attached hydrogens (tertiary/aromatic N) is 1. The van der Waals surface area contributed by atoms with Crippen LogP contribution < -0.4 is 5.32 Å². The van der Waals surface area contributed by atoms with Gasteiger partial charge in [-0.05, 0) is 27.7 Å². The first-order valence-electron chi connectivity index (χ1n) is 5.86. The van der Waals surface area contributed by atoms with Gasteiger partial charge in [0.15, 0.2) is 0 Å². The zero-order valence-electron chi connectivity index (χ0n) is 11.4. The Bertz CT molecular complexity index is 473. The Hall–Kier alpha value is -2.05. The van der Waals surface area contributed by atoms with E-state index in [2.05, 4.69) is 10.5 Å². The van der Waals surface area contributed by atoms with Crippen LogP contribution in [0.5, 0.6) is 0 Å². The summed E-state index contributed by atoms with van der Waals surface area (Å²) in [5.74, 6) is -0.842. The highest BCUT2D eigenvalue weighted by atomic mass is 16.6. The van der Waals surface area contributed by atoms with Crippen LogP contribution in [-0.4, -0.2) is 34.5 Å². The third-order valence-electron chi connectivity index (χ3n) is 2.18. The maximum atomic E-state index is 11.4. The zero-order chi connectivity index (χ0) is 14.6. The van der Waals surface area contributed by atoms with E-state index in [4.69, 9.17) is 14.4 Å². The summed E-state index contributed by atoms with van der Waals surface area (Å²) in [6, 6.07) is 0. The van der Waals surface area contributed by atoms with Crippen LogP contribution in [0, 0.1) is 6.92 Å². The lowest BCUT2D eigenvalue weighted by atomic mass is 10.1. The molecule has 1 aromatic heterocycles. The van der Waals surface area contributed by atoms with E-state index in [-0.39, 0.29) is 24.3 Å². The minimum Gasteiger partial charge on any atom is -0.477 e. The van der Waals surface area contributed by atoms with Crippen LogP contribution in [0.4, 0.5) is 4.79 Å². The molecule has 0 radical (unpaired) electrons. The molecule has 0 bridgehead atoms. The number of hydrogen-bond acceptors (Lipinski definition) is 5. The summed E-state index contributed by atoms with van der Waals surface area (Å²) in [6.45, 7) is 7.03. The molecule has 0 atom stereocenters. The van der Waals surface area contributed by atoms with Gasteiger partial charge in [-0.1, -0.05) is 5.16 Å². The smallest absolute Gasteiger partial charge is 0.407 e. The van der Waals surface area contributed by atoms with Crippen molar-refractivity contribution in [3.63, 3.8) is 0 Å². The molecule has 0 aliphatic carbocycles. The molecule has 1 heterocycles. The molecule has 0 fully saturated rings. The summed E-state index contributed by atoms with van der Waals surface area (Å²) in [5, 5.41) is 15.2. The fraction of sp³-hybridized carbons (Fsp3) is 0.583. The van der Waals surface area contributed by atoms with Crippen LogP contribution in [0.25, 0.3) is 0 Å². The third kappa shape index (κ3) is 4.61. The molecule has 1 rings (SSSR count). The Labute approximate surface area is 110 Å². The zero-order valence-corrected chi connectivity index (χ0v) is 11.4. The average molecular weight is 270 g/mol. The van der Waals surface area contributed by atoms with E-state index in [1.54, 1.807) is 20.8 Å². The summed E-state index contributed by atoms with van der Waals surface area (Å²) < 4.78 is 9.87. The van der Waals surface area contributed by atoms with E-state index in [0.717, 1.165) is 0 Å². The Kier molecular flexibility index (Phi) is 4.52. The predicted octanol–water partition coefficient (Wildman–Crippen LogP) is 1.75. The summed E-state index contributed by atoms with van der Waals surface area (Å²) in [6.07, 6.45) is -0.289. The Morgan fingerprint density at radius 3 is 2.58 bits per heavy atom. The first-order chi connectivity index (χ1) is 8.70. The molecule has 19 heavy (non-hydrogen) atoms. The van der Waals surface area contributed by atoms with E-state index in [1.165, 1.54) is 6.92 Å². The highest BCUT2D eigenvalue weighted by molar-refractivity contribution is 5.89. The van der Waals surface area contributed by atoms with Crippen molar-refractivity contribution in [2.45, 2.75) is 39.7 Å². The number of aromatic carboxylic acids is 1. The fourth-order valence-corrected chi connectivity index (χ4v) is 1.46. The number of aryl methyl sites for hydroxylation is 1. The van der Waals surface area contributed by atoms with E-state index < -0.39 is 17.7 Å². The van der Waals surface area contributed by atoms with Crippen molar-refractivity contribution in [1.29, 1.82) is 0 Å². The van der Waals surface area contributed by atoms with Crippen LogP contribution in [0.15, 0.2) is 4.52 Å². The van der Waals surface area contributed by atoms with Gasteiger partial charge in [0.2, 0.25) is 0 Å². The number of rotatable bonds is 4. The topological polar surface area (TPSA) is 102 Å². The molecule has 106 valence electrons. The van der Waals surface area contributed by atoms with Crippen LogP contribution >= 0.6 is 0 Å². The van der Waals surface area contributed by atoms with Crippen molar-refractivity contribution in [1.82, 2.24) is 10.5 Å².